The van der Waals surface area contributed by atoms with Gasteiger partial charge in [-0.25, -0.2) is 0 Å². The van der Waals surface area contributed by atoms with Crippen LogP contribution in [0.3, 0.4) is 0 Å². The summed E-state index contributed by atoms with van der Waals surface area (Å²) in [6, 6.07) is 26.2. The summed E-state index contributed by atoms with van der Waals surface area (Å²) in [4.78, 5) is 41.8. The van der Waals surface area contributed by atoms with E-state index in [1.54, 1.807) is 48.5 Å². The Kier molecular flexibility index (Phi) is 11.0. The summed E-state index contributed by atoms with van der Waals surface area (Å²) in [5.41, 5.74) is 4.68. The average Bonchev–Trinajstić information content (AvgIpc) is 3.40. The molecule has 0 radical (unpaired) electrons. The van der Waals surface area contributed by atoms with E-state index in [0.717, 1.165) is 35.3 Å². The van der Waals surface area contributed by atoms with Gasteiger partial charge in [0.2, 0.25) is 5.91 Å². The molecule has 1 aromatic heterocycles. The smallest absolute Gasteiger partial charge is 0.272 e. The molecule has 0 aliphatic heterocycles. The molecule has 0 saturated carbocycles. The second-order valence-electron chi connectivity index (χ2n) is 12.1. The minimum Gasteiger partial charge on any atom is -0.321 e. The number of nitrogens with zero attached hydrogens (tertiary/aromatic N) is 1. The largest absolute Gasteiger partial charge is 0.321 e. The van der Waals surface area contributed by atoms with Crippen LogP contribution in [0.2, 0.25) is 0 Å². The number of nitriles is 1. The number of carbonyl (C=O) groups is 3. The first-order valence-corrected chi connectivity index (χ1v) is 17.4. The monoisotopic (exact) mass is 662 g/mol. The third-order valence-corrected chi connectivity index (χ3v) is 10.3. The van der Waals surface area contributed by atoms with Gasteiger partial charge >= 0.3 is 0 Å². The highest BCUT2D eigenvalue weighted by atomic mass is 32.2. The highest BCUT2D eigenvalue weighted by Crippen LogP contribution is 2.39. The van der Waals surface area contributed by atoms with Gasteiger partial charge in [-0.05, 0) is 91.1 Å². The lowest BCUT2D eigenvalue weighted by atomic mass is 9.89. The molecule has 1 heterocycles. The minimum atomic E-state index is -0.477. The number of thiophene rings is 1. The van der Waals surface area contributed by atoms with Crippen LogP contribution in [0.4, 0.5) is 10.7 Å². The van der Waals surface area contributed by atoms with Crippen LogP contribution in [0, 0.1) is 17.2 Å². The SMILES string of the molecule is CC1CCc2c(sc(NC(=O)C(C)Sc3cccc(NC(=O)/C(=C\c4ccc(C(C)C)cc4)NC(=O)c4ccccc4)c3)c2C#N)C1. The number of carbonyl (C=O) groups excluding carboxylic acids is 3. The molecule has 9 heteroatoms. The van der Waals surface area contributed by atoms with Crippen molar-refractivity contribution in [2.24, 2.45) is 5.92 Å². The second kappa shape index (κ2) is 15.3. The molecule has 7 nitrogen and oxygen atoms in total. The van der Waals surface area contributed by atoms with Gasteiger partial charge in [0.15, 0.2) is 0 Å². The Morgan fingerprint density at radius 3 is 2.43 bits per heavy atom. The lowest BCUT2D eigenvalue weighted by molar-refractivity contribution is -0.115. The van der Waals surface area contributed by atoms with Gasteiger partial charge in [0.1, 0.15) is 16.8 Å². The fourth-order valence-corrected chi connectivity index (χ4v) is 7.65. The summed E-state index contributed by atoms with van der Waals surface area (Å²) < 4.78 is 0. The third kappa shape index (κ3) is 8.59. The van der Waals surface area contributed by atoms with Crippen LogP contribution in [0.5, 0.6) is 0 Å². The van der Waals surface area contributed by atoms with E-state index in [2.05, 4.69) is 42.8 Å². The predicted molar refractivity (Wildman–Crippen MR) is 192 cm³/mol. The fraction of sp³-hybridized carbons (Fsp3) is 0.263. The van der Waals surface area contributed by atoms with Crippen LogP contribution in [0.15, 0.2) is 89.5 Å². The van der Waals surface area contributed by atoms with Crippen molar-refractivity contribution in [3.05, 3.63) is 117 Å². The third-order valence-electron chi connectivity index (χ3n) is 8.08. The van der Waals surface area contributed by atoms with Crippen molar-refractivity contribution in [3.8, 4) is 6.07 Å². The van der Waals surface area contributed by atoms with Gasteiger partial charge in [0, 0.05) is 21.0 Å². The van der Waals surface area contributed by atoms with Crippen molar-refractivity contribution in [1.82, 2.24) is 5.32 Å². The maximum atomic E-state index is 13.6. The van der Waals surface area contributed by atoms with E-state index in [-0.39, 0.29) is 11.6 Å². The van der Waals surface area contributed by atoms with Gasteiger partial charge in [-0.2, -0.15) is 5.26 Å². The number of benzene rings is 3. The van der Waals surface area contributed by atoms with E-state index in [1.165, 1.54) is 33.5 Å². The van der Waals surface area contributed by atoms with E-state index < -0.39 is 17.1 Å². The maximum absolute atomic E-state index is 13.6. The summed E-state index contributed by atoms with van der Waals surface area (Å²) >= 11 is 2.87. The number of hydrogen-bond acceptors (Lipinski definition) is 6. The van der Waals surface area contributed by atoms with Crippen molar-refractivity contribution in [3.63, 3.8) is 0 Å². The Morgan fingerprint density at radius 1 is 0.979 bits per heavy atom. The van der Waals surface area contributed by atoms with Crippen molar-refractivity contribution >= 4 is 57.6 Å². The molecule has 0 fully saturated rings. The first-order valence-electron chi connectivity index (χ1n) is 15.7. The number of amides is 3. The Morgan fingerprint density at radius 2 is 1.72 bits per heavy atom. The molecule has 0 bridgehead atoms. The van der Waals surface area contributed by atoms with Crippen LogP contribution in [-0.4, -0.2) is 23.0 Å². The number of thioether (sulfide) groups is 1. The molecule has 240 valence electrons. The zero-order valence-electron chi connectivity index (χ0n) is 26.9. The molecule has 1 aliphatic rings. The molecule has 2 unspecified atom stereocenters. The number of hydrogen-bond donors (Lipinski definition) is 3. The predicted octanol–water partition coefficient (Wildman–Crippen LogP) is 8.40. The number of fused-ring (bicyclic) bond motifs is 1. The van der Waals surface area contributed by atoms with Crippen LogP contribution >= 0.6 is 23.1 Å². The number of nitrogens with one attached hydrogen (secondary N) is 3. The molecule has 2 atom stereocenters. The summed E-state index contributed by atoms with van der Waals surface area (Å²) in [5.74, 6) is -0.121. The lowest BCUT2D eigenvalue weighted by Crippen LogP contribution is -2.30. The highest BCUT2D eigenvalue weighted by molar-refractivity contribution is 8.00. The quantitative estimate of drug-likeness (QED) is 0.117. The average molecular weight is 663 g/mol. The Bertz CT molecular complexity index is 1840. The second-order valence-corrected chi connectivity index (χ2v) is 14.6. The molecule has 47 heavy (non-hydrogen) atoms. The van der Waals surface area contributed by atoms with Gasteiger partial charge in [0.05, 0.1) is 10.8 Å². The summed E-state index contributed by atoms with van der Waals surface area (Å²) in [5, 5.41) is 18.7. The van der Waals surface area contributed by atoms with E-state index in [4.69, 9.17) is 0 Å². The minimum absolute atomic E-state index is 0.100. The number of anilines is 2. The first-order chi connectivity index (χ1) is 22.6. The normalized spacial score (nSPS) is 14.9. The van der Waals surface area contributed by atoms with Crippen molar-refractivity contribution in [2.75, 3.05) is 10.6 Å². The molecular weight excluding hydrogens is 625 g/mol. The molecule has 5 rings (SSSR count). The lowest BCUT2D eigenvalue weighted by Gasteiger charge is -2.17. The summed E-state index contributed by atoms with van der Waals surface area (Å²) in [6.45, 7) is 8.26. The van der Waals surface area contributed by atoms with Crippen molar-refractivity contribution in [1.29, 1.82) is 5.26 Å². The molecule has 0 spiro atoms. The van der Waals surface area contributed by atoms with Crippen LogP contribution in [0.1, 0.15) is 77.5 Å². The zero-order valence-corrected chi connectivity index (χ0v) is 28.6. The zero-order chi connectivity index (χ0) is 33.5. The molecule has 4 aromatic rings. The first kappa shape index (κ1) is 33.7. The Labute approximate surface area is 284 Å². The maximum Gasteiger partial charge on any atom is 0.272 e. The van der Waals surface area contributed by atoms with Gasteiger partial charge in [0.25, 0.3) is 11.8 Å². The standard InChI is InChI=1S/C38H38N4O3S2/c1-23(2)27-16-14-26(15-17-27)20-33(41-36(44)28-9-6-5-7-10-28)37(45)40-29-11-8-12-30(21-29)46-25(4)35(43)42-38-32(22-39)31-18-13-24(3)19-34(31)47-38/h5-12,14-17,20-21,23-25H,13,18-19H2,1-4H3,(H,40,45)(H,41,44)(H,42,43)/b33-20+. The fourth-order valence-electron chi connectivity index (χ4n) is 5.36. The van der Waals surface area contributed by atoms with Crippen molar-refractivity contribution < 1.29 is 14.4 Å². The highest BCUT2D eigenvalue weighted by Gasteiger charge is 2.26. The Hall–Kier alpha value is -4.65. The van der Waals surface area contributed by atoms with Gasteiger partial charge in [-0.1, -0.05) is 69.3 Å². The van der Waals surface area contributed by atoms with Crippen LogP contribution in [-0.2, 0) is 22.4 Å². The molecular formula is C38H38N4O3S2. The topological polar surface area (TPSA) is 111 Å². The van der Waals surface area contributed by atoms with Crippen LogP contribution < -0.4 is 16.0 Å². The van der Waals surface area contributed by atoms with E-state index >= 15 is 0 Å². The molecule has 3 aromatic carbocycles. The van der Waals surface area contributed by atoms with E-state index in [1.807, 2.05) is 43.3 Å². The van der Waals surface area contributed by atoms with Crippen molar-refractivity contribution in [2.45, 2.75) is 63.0 Å². The number of rotatable bonds is 10. The van der Waals surface area contributed by atoms with Gasteiger partial charge in [-0.15, -0.1) is 23.1 Å². The molecule has 1 aliphatic carbocycles. The summed E-state index contributed by atoms with van der Waals surface area (Å²) in [7, 11) is 0. The Balaban J connectivity index is 1.29. The van der Waals surface area contributed by atoms with Gasteiger partial charge in [-0.3, -0.25) is 14.4 Å². The van der Waals surface area contributed by atoms with Crippen LogP contribution in [0.25, 0.3) is 6.08 Å². The van der Waals surface area contributed by atoms with E-state index in [9.17, 15) is 19.6 Å². The molecule has 3 N–H and O–H groups in total. The molecule has 0 saturated heterocycles. The van der Waals surface area contributed by atoms with E-state index in [0.29, 0.717) is 33.7 Å². The summed E-state index contributed by atoms with van der Waals surface area (Å²) in [6.07, 6.45) is 4.51. The molecule has 3 amide bonds. The van der Waals surface area contributed by atoms with Gasteiger partial charge < -0.3 is 16.0 Å².